The van der Waals surface area contributed by atoms with Crippen LogP contribution in [0.1, 0.15) is 24.0 Å². The molecule has 1 nitrogen and oxygen atoms in total. The van der Waals surface area contributed by atoms with Crippen molar-refractivity contribution in [3.8, 4) is 0 Å². The highest BCUT2D eigenvalue weighted by Crippen LogP contribution is 2.26. The topological polar surface area (TPSA) is 15.8 Å². The monoisotopic (exact) mass is 183 g/mol. The van der Waals surface area contributed by atoms with Crippen molar-refractivity contribution in [2.24, 2.45) is 0 Å². The predicted octanol–water partition coefficient (Wildman–Crippen LogP) is 3.52. The lowest BCUT2D eigenvalue weighted by atomic mass is 10.0. The molecule has 1 heterocycles. The van der Waals surface area contributed by atoms with E-state index < -0.39 is 0 Å². The molecule has 0 aliphatic heterocycles. The average Bonchev–Trinajstić information content (AvgIpc) is 2.55. The van der Waals surface area contributed by atoms with Gasteiger partial charge in [-0.1, -0.05) is 18.2 Å². The molecule has 14 heavy (non-hydrogen) atoms. The standard InChI is InChI=1S/C13H13N/c1-2-4-10-6-7-13-12(8-9-14-13)11(10)5-3-1/h2,4,6-9,14H,1,3,5H2. The van der Waals surface area contributed by atoms with Crippen LogP contribution in [0, 0.1) is 0 Å². The van der Waals surface area contributed by atoms with E-state index in [1.807, 2.05) is 6.20 Å². The van der Waals surface area contributed by atoms with Crippen LogP contribution in [0.3, 0.4) is 0 Å². The number of H-pyrrole nitrogens is 1. The molecule has 1 N–H and O–H groups in total. The van der Waals surface area contributed by atoms with Crippen molar-refractivity contribution in [1.29, 1.82) is 0 Å². The number of allylic oxidation sites excluding steroid dienone is 1. The largest absolute Gasteiger partial charge is 0.361 e. The van der Waals surface area contributed by atoms with Gasteiger partial charge in [0.1, 0.15) is 0 Å². The summed E-state index contributed by atoms with van der Waals surface area (Å²) in [6, 6.07) is 6.58. The Hall–Kier alpha value is -1.50. The molecular formula is C13H13N. The number of aromatic nitrogens is 1. The fraction of sp³-hybridized carbons (Fsp3) is 0.231. The van der Waals surface area contributed by atoms with E-state index in [1.54, 1.807) is 0 Å². The maximum absolute atomic E-state index is 3.27. The Morgan fingerprint density at radius 1 is 1.14 bits per heavy atom. The maximum atomic E-state index is 3.27. The summed E-state index contributed by atoms with van der Waals surface area (Å²) in [5.74, 6) is 0. The Morgan fingerprint density at radius 2 is 2.14 bits per heavy atom. The second-order valence-electron chi connectivity index (χ2n) is 3.87. The lowest BCUT2D eigenvalue weighted by Crippen LogP contribution is -1.88. The fourth-order valence-corrected chi connectivity index (χ4v) is 2.25. The summed E-state index contributed by atoms with van der Waals surface area (Å²) in [5.41, 5.74) is 4.17. The molecule has 1 aromatic heterocycles. The third-order valence-electron chi connectivity index (χ3n) is 2.98. The van der Waals surface area contributed by atoms with Crippen LogP contribution in [0.5, 0.6) is 0 Å². The Labute approximate surface area is 83.5 Å². The first-order valence-corrected chi connectivity index (χ1v) is 5.21. The van der Waals surface area contributed by atoms with Gasteiger partial charge >= 0.3 is 0 Å². The molecule has 0 saturated heterocycles. The van der Waals surface area contributed by atoms with Crippen LogP contribution < -0.4 is 0 Å². The number of hydrogen-bond donors (Lipinski definition) is 1. The van der Waals surface area contributed by atoms with Gasteiger partial charge in [-0.05, 0) is 42.5 Å². The Kier molecular flexibility index (Phi) is 1.69. The number of hydrogen-bond acceptors (Lipinski definition) is 0. The zero-order valence-electron chi connectivity index (χ0n) is 8.09. The summed E-state index contributed by atoms with van der Waals surface area (Å²) in [4.78, 5) is 3.27. The number of benzene rings is 1. The number of aryl methyl sites for hydroxylation is 1. The summed E-state index contributed by atoms with van der Waals surface area (Å²) >= 11 is 0. The van der Waals surface area contributed by atoms with Crippen LogP contribution in [0.4, 0.5) is 0 Å². The van der Waals surface area contributed by atoms with E-state index in [1.165, 1.54) is 41.3 Å². The summed E-state index contributed by atoms with van der Waals surface area (Å²) < 4.78 is 0. The Bertz CT molecular complexity index is 491. The van der Waals surface area contributed by atoms with E-state index in [0.717, 1.165) is 0 Å². The average molecular weight is 183 g/mol. The minimum Gasteiger partial charge on any atom is -0.361 e. The Balaban J connectivity index is 2.33. The van der Waals surface area contributed by atoms with Gasteiger partial charge in [-0.15, -0.1) is 0 Å². The molecule has 1 aromatic carbocycles. The van der Waals surface area contributed by atoms with Gasteiger partial charge in [-0.3, -0.25) is 0 Å². The lowest BCUT2D eigenvalue weighted by Gasteiger charge is -2.04. The van der Waals surface area contributed by atoms with Crippen LogP contribution in [0.25, 0.3) is 17.0 Å². The second-order valence-corrected chi connectivity index (χ2v) is 3.87. The zero-order valence-corrected chi connectivity index (χ0v) is 8.09. The van der Waals surface area contributed by atoms with Crippen molar-refractivity contribution in [2.75, 3.05) is 0 Å². The molecule has 0 spiro atoms. The van der Waals surface area contributed by atoms with E-state index in [0.29, 0.717) is 0 Å². The summed E-state index contributed by atoms with van der Waals surface area (Å²) in [7, 11) is 0. The highest BCUT2D eigenvalue weighted by atomic mass is 14.7. The molecule has 0 amide bonds. The van der Waals surface area contributed by atoms with E-state index in [-0.39, 0.29) is 0 Å². The van der Waals surface area contributed by atoms with Crippen molar-refractivity contribution < 1.29 is 0 Å². The van der Waals surface area contributed by atoms with Crippen LogP contribution in [0.2, 0.25) is 0 Å². The summed E-state index contributed by atoms with van der Waals surface area (Å²) in [6.07, 6.45) is 10.3. The molecule has 1 aliphatic rings. The van der Waals surface area contributed by atoms with E-state index in [4.69, 9.17) is 0 Å². The zero-order chi connectivity index (χ0) is 9.38. The maximum Gasteiger partial charge on any atom is 0.0457 e. The van der Waals surface area contributed by atoms with Gasteiger partial charge < -0.3 is 4.98 Å². The predicted molar refractivity (Wildman–Crippen MR) is 60.3 cm³/mol. The van der Waals surface area contributed by atoms with Gasteiger partial charge in [0, 0.05) is 17.1 Å². The summed E-state index contributed by atoms with van der Waals surface area (Å²) in [6.45, 7) is 0. The van der Waals surface area contributed by atoms with Gasteiger partial charge in [0.25, 0.3) is 0 Å². The van der Waals surface area contributed by atoms with E-state index in [9.17, 15) is 0 Å². The molecule has 0 fully saturated rings. The normalized spacial score (nSPS) is 15.4. The van der Waals surface area contributed by atoms with Crippen LogP contribution in [0.15, 0.2) is 30.5 Å². The quantitative estimate of drug-likeness (QED) is 0.643. The van der Waals surface area contributed by atoms with Crippen molar-refractivity contribution in [3.63, 3.8) is 0 Å². The smallest absolute Gasteiger partial charge is 0.0457 e. The molecule has 3 rings (SSSR count). The number of aromatic amines is 1. The molecule has 0 atom stereocenters. The first kappa shape index (κ1) is 7.86. The molecule has 1 heteroatoms. The van der Waals surface area contributed by atoms with Crippen LogP contribution in [-0.2, 0) is 6.42 Å². The third-order valence-corrected chi connectivity index (χ3v) is 2.98. The second kappa shape index (κ2) is 3.02. The number of rotatable bonds is 0. The van der Waals surface area contributed by atoms with Crippen molar-refractivity contribution in [2.45, 2.75) is 19.3 Å². The van der Waals surface area contributed by atoms with Gasteiger partial charge in [-0.25, -0.2) is 0 Å². The molecule has 0 radical (unpaired) electrons. The highest BCUT2D eigenvalue weighted by Gasteiger charge is 2.07. The number of nitrogens with one attached hydrogen (secondary N) is 1. The molecule has 70 valence electrons. The van der Waals surface area contributed by atoms with Crippen LogP contribution >= 0.6 is 0 Å². The molecule has 0 saturated carbocycles. The summed E-state index contributed by atoms with van der Waals surface area (Å²) in [5, 5.41) is 1.40. The molecule has 0 bridgehead atoms. The third kappa shape index (κ3) is 1.09. The van der Waals surface area contributed by atoms with Crippen molar-refractivity contribution >= 4 is 17.0 Å². The minimum atomic E-state index is 1.21. The van der Waals surface area contributed by atoms with Crippen LogP contribution in [-0.4, -0.2) is 4.98 Å². The van der Waals surface area contributed by atoms with Crippen molar-refractivity contribution in [1.82, 2.24) is 4.98 Å². The van der Waals surface area contributed by atoms with Gasteiger partial charge in [0.05, 0.1) is 0 Å². The lowest BCUT2D eigenvalue weighted by molar-refractivity contribution is 0.857. The molecule has 2 aromatic rings. The SMILES string of the molecule is C1=Cc2ccc3[nH]ccc3c2CCC1. The highest BCUT2D eigenvalue weighted by molar-refractivity contribution is 5.86. The van der Waals surface area contributed by atoms with Crippen molar-refractivity contribution in [3.05, 3.63) is 41.6 Å². The first-order chi connectivity index (χ1) is 6.95. The molecular weight excluding hydrogens is 170 g/mol. The molecule has 1 aliphatic carbocycles. The van der Waals surface area contributed by atoms with Gasteiger partial charge in [0.2, 0.25) is 0 Å². The van der Waals surface area contributed by atoms with E-state index >= 15 is 0 Å². The fourth-order valence-electron chi connectivity index (χ4n) is 2.25. The minimum absolute atomic E-state index is 1.21. The number of fused-ring (bicyclic) bond motifs is 3. The Morgan fingerprint density at radius 3 is 3.14 bits per heavy atom. The van der Waals surface area contributed by atoms with E-state index in [2.05, 4.69) is 35.3 Å². The first-order valence-electron chi connectivity index (χ1n) is 5.21. The molecule has 0 unspecified atom stereocenters. The van der Waals surface area contributed by atoms with Gasteiger partial charge in [0.15, 0.2) is 0 Å². The van der Waals surface area contributed by atoms with Gasteiger partial charge in [-0.2, -0.15) is 0 Å².